The van der Waals surface area contributed by atoms with Crippen molar-refractivity contribution >= 4 is 56.4 Å². The van der Waals surface area contributed by atoms with Crippen molar-refractivity contribution in [2.24, 2.45) is 0 Å². The van der Waals surface area contributed by atoms with Crippen LogP contribution < -0.4 is 10.3 Å². The molecule has 0 aliphatic carbocycles. The minimum atomic E-state index is -1.91. The van der Waals surface area contributed by atoms with Crippen molar-refractivity contribution in [1.82, 2.24) is 29.2 Å². The number of hydrogen-bond acceptors (Lipinski definition) is 12. The summed E-state index contributed by atoms with van der Waals surface area (Å²) < 4.78 is 12.9. The van der Waals surface area contributed by atoms with Gasteiger partial charge in [0, 0.05) is 80.1 Å². The molecular formula is C38H44N6O8S2. The molecule has 5 aliphatic heterocycles. The van der Waals surface area contributed by atoms with Gasteiger partial charge in [0.15, 0.2) is 5.60 Å². The second-order valence-corrected chi connectivity index (χ2v) is 17.1. The van der Waals surface area contributed by atoms with E-state index in [2.05, 4.69) is 4.90 Å². The molecule has 14 nitrogen and oxygen atoms in total. The van der Waals surface area contributed by atoms with Crippen LogP contribution in [0.2, 0.25) is 0 Å². The zero-order valence-corrected chi connectivity index (χ0v) is 32.3. The van der Waals surface area contributed by atoms with Crippen LogP contribution in [-0.2, 0) is 44.3 Å². The third-order valence-corrected chi connectivity index (χ3v) is 14.1. The van der Waals surface area contributed by atoms with Crippen LogP contribution in [0.3, 0.4) is 0 Å². The number of ether oxygens (including phenoxy) is 2. The summed E-state index contributed by atoms with van der Waals surface area (Å²) in [5.74, 6) is 0.897. The molecule has 3 saturated heterocycles. The first-order valence-electron chi connectivity index (χ1n) is 18.6. The number of hydrogen-bond donors (Lipinski definition) is 1. The van der Waals surface area contributed by atoms with E-state index in [9.17, 15) is 29.1 Å². The first-order valence-corrected chi connectivity index (χ1v) is 21.1. The third-order valence-electron chi connectivity index (χ3n) is 11.7. The molecule has 0 saturated carbocycles. The van der Waals surface area contributed by atoms with Crippen molar-refractivity contribution < 1.29 is 33.8 Å². The fourth-order valence-corrected chi connectivity index (χ4v) is 11.2. The SMILES string of the molecule is CCc1c2c(nc3ccc(OC(=O)N4CCN(C(=O)CCC(=O)N5CCN(C)CC5)[C@@H]5CSSC[C@@H]54)cc13)-c1cc3c(c(=O)n1C2)COC(=O)[C@]3(O)CC. The summed E-state index contributed by atoms with van der Waals surface area (Å²) in [6.07, 6.45) is 0.548. The van der Waals surface area contributed by atoms with Crippen LogP contribution in [0.15, 0.2) is 29.1 Å². The second kappa shape index (κ2) is 14.5. The Labute approximate surface area is 320 Å². The molecule has 3 amide bonds. The normalized spacial score (nSPS) is 23.7. The molecule has 7 heterocycles. The lowest BCUT2D eigenvalue weighted by atomic mass is 9.86. The molecule has 3 fully saturated rings. The Morgan fingerprint density at radius 1 is 0.944 bits per heavy atom. The topological polar surface area (TPSA) is 155 Å². The molecule has 0 bridgehead atoms. The standard InChI is InChI=1S/C38H44N6O8S2/c1-4-23-24-16-22(6-7-28(24)39-34-25(23)18-44-29(34)17-27-26(35(44)47)19-51-36(48)38(27,50)5-2)52-37(49)43-15-14-42(30-20-53-54-21-31(30)43)33(46)9-8-32(45)41-12-10-40(3)11-13-41/h6-7,16-17,30-31,50H,4-5,8-15,18-21H2,1-3H3/t30-,31+,38+/m1/s1. The molecule has 0 radical (unpaired) electrons. The van der Waals surface area contributed by atoms with Crippen LogP contribution >= 0.6 is 21.6 Å². The maximum absolute atomic E-state index is 13.8. The van der Waals surface area contributed by atoms with Crippen LogP contribution in [0, 0.1) is 0 Å². The van der Waals surface area contributed by atoms with E-state index in [4.69, 9.17) is 14.5 Å². The summed E-state index contributed by atoms with van der Waals surface area (Å²) in [7, 11) is 5.40. The number of likely N-dealkylation sites (N-methyl/N-ethyl adjacent to an activating group) is 1. The number of cyclic esters (lactones) is 1. The van der Waals surface area contributed by atoms with E-state index >= 15 is 0 Å². The predicted molar refractivity (Wildman–Crippen MR) is 204 cm³/mol. The number of amides is 3. The lowest BCUT2D eigenvalue weighted by Crippen LogP contribution is -2.65. The predicted octanol–water partition coefficient (Wildman–Crippen LogP) is 2.97. The number of esters is 1. The average molecular weight is 777 g/mol. The summed E-state index contributed by atoms with van der Waals surface area (Å²) in [5, 5.41) is 12.0. The highest BCUT2D eigenvalue weighted by atomic mass is 33.1. The minimum absolute atomic E-state index is 0.0141. The molecule has 1 aromatic carbocycles. The van der Waals surface area contributed by atoms with Crippen LogP contribution in [0.5, 0.6) is 5.75 Å². The zero-order valence-electron chi connectivity index (χ0n) is 30.7. The quantitative estimate of drug-likeness (QED) is 0.226. The molecule has 3 atom stereocenters. The van der Waals surface area contributed by atoms with Crippen LogP contribution in [-0.4, -0.2) is 128 Å². The summed E-state index contributed by atoms with van der Waals surface area (Å²) in [5.41, 5.74) is 1.97. The number of fused-ring (bicyclic) bond motifs is 6. The molecule has 16 heteroatoms. The van der Waals surface area contributed by atoms with Crippen molar-refractivity contribution in [1.29, 1.82) is 0 Å². The number of aliphatic hydroxyl groups is 1. The van der Waals surface area contributed by atoms with Gasteiger partial charge >= 0.3 is 12.1 Å². The van der Waals surface area contributed by atoms with E-state index < -0.39 is 17.7 Å². The van der Waals surface area contributed by atoms with Crippen LogP contribution in [0.4, 0.5) is 4.79 Å². The number of benzene rings is 1. The van der Waals surface area contributed by atoms with Crippen molar-refractivity contribution in [3.63, 3.8) is 0 Å². The summed E-state index contributed by atoms with van der Waals surface area (Å²) in [6, 6.07) is 6.63. The maximum atomic E-state index is 13.8. The van der Waals surface area contributed by atoms with E-state index in [0.717, 1.165) is 29.6 Å². The van der Waals surface area contributed by atoms with Gasteiger partial charge in [-0.3, -0.25) is 14.4 Å². The second-order valence-electron chi connectivity index (χ2n) is 14.6. The van der Waals surface area contributed by atoms with Gasteiger partial charge in [-0.1, -0.05) is 35.4 Å². The van der Waals surface area contributed by atoms with Crippen LogP contribution in [0.1, 0.15) is 55.4 Å². The molecule has 286 valence electrons. The Balaban J connectivity index is 0.998. The molecule has 3 aromatic rings. The Hall–Kier alpha value is -4.12. The fraction of sp³-hybridized carbons (Fsp3) is 0.526. The Morgan fingerprint density at radius 3 is 2.37 bits per heavy atom. The fourth-order valence-electron chi connectivity index (χ4n) is 8.48. The van der Waals surface area contributed by atoms with Crippen molar-refractivity contribution in [2.45, 2.75) is 70.4 Å². The van der Waals surface area contributed by atoms with Crippen molar-refractivity contribution in [3.8, 4) is 17.1 Å². The highest BCUT2D eigenvalue weighted by Gasteiger charge is 2.46. The van der Waals surface area contributed by atoms with Gasteiger partial charge in [0.1, 0.15) is 12.4 Å². The molecular weight excluding hydrogens is 733 g/mol. The first-order chi connectivity index (χ1) is 26.0. The van der Waals surface area contributed by atoms with E-state index in [0.29, 0.717) is 66.8 Å². The summed E-state index contributed by atoms with van der Waals surface area (Å²) >= 11 is 0. The number of rotatable bonds is 6. The highest BCUT2D eigenvalue weighted by Crippen LogP contribution is 2.41. The van der Waals surface area contributed by atoms with Gasteiger partial charge in [-0.15, -0.1) is 0 Å². The lowest BCUT2D eigenvalue weighted by molar-refractivity contribution is -0.172. The van der Waals surface area contributed by atoms with E-state index in [-0.39, 0.29) is 73.0 Å². The molecule has 2 aromatic heterocycles. The van der Waals surface area contributed by atoms with Gasteiger partial charge in [0.05, 0.1) is 41.1 Å². The molecule has 54 heavy (non-hydrogen) atoms. The van der Waals surface area contributed by atoms with Gasteiger partial charge in [-0.2, -0.15) is 0 Å². The number of carbonyl (C=O) groups is 4. The maximum Gasteiger partial charge on any atom is 0.415 e. The zero-order chi connectivity index (χ0) is 37.9. The molecule has 1 N–H and O–H groups in total. The summed E-state index contributed by atoms with van der Waals surface area (Å²) in [4.78, 5) is 79.0. The van der Waals surface area contributed by atoms with Gasteiger partial charge in [-0.25, -0.2) is 14.6 Å². The smallest absolute Gasteiger partial charge is 0.415 e. The number of piperazine rings is 2. The van der Waals surface area contributed by atoms with Gasteiger partial charge in [-0.05, 0) is 49.7 Å². The number of aromatic nitrogens is 2. The van der Waals surface area contributed by atoms with E-state index in [1.807, 2.05) is 29.8 Å². The number of aryl methyl sites for hydroxylation is 1. The number of carbonyl (C=O) groups excluding carboxylic acids is 4. The number of nitrogens with zero attached hydrogens (tertiary/aromatic N) is 6. The van der Waals surface area contributed by atoms with Crippen LogP contribution in [0.25, 0.3) is 22.3 Å². The minimum Gasteiger partial charge on any atom is -0.458 e. The van der Waals surface area contributed by atoms with Gasteiger partial charge in [0.2, 0.25) is 11.8 Å². The van der Waals surface area contributed by atoms with Gasteiger partial charge in [0.25, 0.3) is 5.56 Å². The van der Waals surface area contributed by atoms with Crippen molar-refractivity contribution in [3.05, 3.63) is 56.9 Å². The monoisotopic (exact) mass is 776 g/mol. The average Bonchev–Trinajstić information content (AvgIpc) is 3.55. The third kappa shape index (κ3) is 6.24. The number of pyridine rings is 2. The van der Waals surface area contributed by atoms with E-state index in [1.54, 1.807) is 56.2 Å². The van der Waals surface area contributed by atoms with E-state index in [1.165, 1.54) is 0 Å². The molecule has 0 unspecified atom stereocenters. The Kier molecular flexibility index (Phi) is 9.90. The Morgan fingerprint density at radius 2 is 1.65 bits per heavy atom. The van der Waals surface area contributed by atoms with Gasteiger partial charge < -0.3 is 38.7 Å². The highest BCUT2D eigenvalue weighted by molar-refractivity contribution is 8.76. The Bertz CT molecular complexity index is 2120. The molecule has 0 spiro atoms. The largest absolute Gasteiger partial charge is 0.458 e. The summed E-state index contributed by atoms with van der Waals surface area (Å²) in [6.45, 7) is 7.51. The first kappa shape index (κ1) is 36.8. The molecule has 5 aliphatic rings. The lowest BCUT2D eigenvalue weighted by Gasteiger charge is -2.48. The van der Waals surface area contributed by atoms with Crippen molar-refractivity contribution in [2.75, 3.05) is 57.8 Å². The molecule has 8 rings (SSSR count).